The molecule has 2 aromatic carbocycles. The number of amides is 1. The first-order valence-corrected chi connectivity index (χ1v) is 9.71. The summed E-state index contributed by atoms with van der Waals surface area (Å²) in [6, 6.07) is 10.4. The Hall–Kier alpha value is -2.68. The highest BCUT2D eigenvalue weighted by Gasteiger charge is 2.39. The van der Waals surface area contributed by atoms with Crippen molar-refractivity contribution >= 4 is 24.3 Å². The highest BCUT2D eigenvalue weighted by Crippen LogP contribution is 2.26. The molecule has 1 aliphatic heterocycles. The smallest absolute Gasteiger partial charge is 0.331 e. The van der Waals surface area contributed by atoms with Crippen LogP contribution in [0.25, 0.3) is 0 Å². The molecule has 9 heteroatoms. The topological polar surface area (TPSA) is 91.1 Å². The van der Waals surface area contributed by atoms with E-state index in [1.807, 2.05) is 12.1 Å². The molecule has 7 nitrogen and oxygen atoms in total. The molecular weight excluding hydrogens is 427 g/mol. The molecule has 3 rings (SSSR count). The fraction of sp³-hybridized carbons (Fsp3) is 0.364. The van der Waals surface area contributed by atoms with Gasteiger partial charge in [0, 0.05) is 6.54 Å². The lowest BCUT2D eigenvalue weighted by molar-refractivity contribution is -0.156. The molecule has 0 radical (unpaired) electrons. The number of nitrogens with zero attached hydrogens (tertiary/aromatic N) is 1. The number of esters is 1. The Balaban J connectivity index is 0.00000341. The second kappa shape index (κ2) is 11.1. The summed E-state index contributed by atoms with van der Waals surface area (Å²) in [4.78, 5) is 26.5. The SMILES string of the molecule is COC(=O)[C@@H]1[C@@H](C)OCCN1C(=O)c1cc(Oc2ccc(CCN)cc2)ccc1F.Cl. The van der Waals surface area contributed by atoms with Crippen molar-refractivity contribution in [3.05, 3.63) is 59.4 Å². The largest absolute Gasteiger partial charge is 0.467 e. The van der Waals surface area contributed by atoms with Crippen molar-refractivity contribution < 1.29 is 28.2 Å². The van der Waals surface area contributed by atoms with Gasteiger partial charge in [0.2, 0.25) is 0 Å². The quantitative estimate of drug-likeness (QED) is 0.677. The third-order valence-electron chi connectivity index (χ3n) is 4.96. The van der Waals surface area contributed by atoms with Crippen molar-refractivity contribution in [2.24, 2.45) is 5.73 Å². The van der Waals surface area contributed by atoms with Crippen LogP contribution in [0.2, 0.25) is 0 Å². The summed E-state index contributed by atoms with van der Waals surface area (Å²) in [6.07, 6.45) is 0.194. The number of ether oxygens (including phenoxy) is 3. The second-order valence-corrected chi connectivity index (χ2v) is 6.97. The van der Waals surface area contributed by atoms with E-state index in [0.29, 0.717) is 18.0 Å². The van der Waals surface area contributed by atoms with Gasteiger partial charge in [0.1, 0.15) is 17.3 Å². The van der Waals surface area contributed by atoms with E-state index in [-0.39, 0.29) is 31.1 Å². The number of hydrogen-bond donors (Lipinski definition) is 1. The third-order valence-corrected chi connectivity index (χ3v) is 4.96. The standard InChI is InChI=1S/C22H25FN2O5.ClH/c1-14-20(22(27)28-2)25(11-12-29-14)21(26)18-13-17(7-8-19(18)23)30-16-5-3-15(4-6-16)9-10-24;/h3-8,13-14,20H,9-12,24H2,1-2H3;1H/t14-,20+;/m1./s1. The molecule has 0 unspecified atom stereocenters. The predicted molar refractivity (Wildman–Crippen MR) is 115 cm³/mol. The molecule has 0 bridgehead atoms. The van der Waals surface area contributed by atoms with Crippen LogP contribution in [0.15, 0.2) is 42.5 Å². The molecule has 0 aliphatic carbocycles. The van der Waals surface area contributed by atoms with Crippen LogP contribution in [-0.4, -0.2) is 55.7 Å². The summed E-state index contributed by atoms with van der Waals surface area (Å²) >= 11 is 0. The van der Waals surface area contributed by atoms with Crippen molar-refractivity contribution in [3.8, 4) is 11.5 Å². The molecule has 1 saturated heterocycles. The first kappa shape index (κ1) is 24.6. The minimum atomic E-state index is -0.949. The Labute approximate surface area is 186 Å². The summed E-state index contributed by atoms with van der Waals surface area (Å²) < 4.78 is 30.5. The molecule has 1 heterocycles. The Morgan fingerprint density at radius 2 is 1.87 bits per heavy atom. The maximum absolute atomic E-state index is 14.5. The minimum Gasteiger partial charge on any atom is -0.467 e. The van der Waals surface area contributed by atoms with E-state index in [1.54, 1.807) is 19.1 Å². The van der Waals surface area contributed by atoms with E-state index in [0.717, 1.165) is 12.0 Å². The van der Waals surface area contributed by atoms with Crippen molar-refractivity contribution in [3.63, 3.8) is 0 Å². The molecule has 2 atom stereocenters. The number of carbonyl (C=O) groups is 2. The lowest BCUT2D eigenvalue weighted by atomic mass is 10.1. The van der Waals surface area contributed by atoms with E-state index in [4.69, 9.17) is 19.9 Å². The number of nitrogens with two attached hydrogens (primary N) is 1. The Bertz CT molecular complexity index is 909. The van der Waals surface area contributed by atoms with Crippen LogP contribution in [0.5, 0.6) is 11.5 Å². The van der Waals surface area contributed by atoms with Crippen LogP contribution in [-0.2, 0) is 20.7 Å². The average Bonchev–Trinajstić information content (AvgIpc) is 2.75. The van der Waals surface area contributed by atoms with Gasteiger partial charge in [-0.25, -0.2) is 9.18 Å². The zero-order chi connectivity index (χ0) is 21.7. The Morgan fingerprint density at radius 1 is 1.19 bits per heavy atom. The molecular formula is C22H26ClFN2O5. The molecule has 168 valence electrons. The fourth-order valence-corrected chi connectivity index (χ4v) is 3.40. The van der Waals surface area contributed by atoms with Crippen LogP contribution in [0, 0.1) is 5.82 Å². The molecule has 2 aromatic rings. The number of rotatable bonds is 6. The summed E-state index contributed by atoms with van der Waals surface area (Å²) in [5, 5.41) is 0. The van der Waals surface area contributed by atoms with Crippen LogP contribution in [0.4, 0.5) is 4.39 Å². The molecule has 1 amide bonds. The van der Waals surface area contributed by atoms with Gasteiger partial charge < -0.3 is 24.8 Å². The summed E-state index contributed by atoms with van der Waals surface area (Å²) in [5.74, 6) is -1.08. The molecule has 1 aliphatic rings. The molecule has 31 heavy (non-hydrogen) atoms. The van der Waals surface area contributed by atoms with Crippen molar-refractivity contribution in [1.29, 1.82) is 0 Å². The summed E-state index contributed by atoms with van der Waals surface area (Å²) in [7, 11) is 1.24. The highest BCUT2D eigenvalue weighted by atomic mass is 35.5. The van der Waals surface area contributed by atoms with E-state index in [9.17, 15) is 14.0 Å². The number of methoxy groups -OCH3 is 1. The van der Waals surface area contributed by atoms with Crippen LogP contribution >= 0.6 is 12.4 Å². The normalized spacial score (nSPS) is 18.1. The van der Waals surface area contributed by atoms with Gasteiger partial charge in [-0.15, -0.1) is 12.4 Å². The summed E-state index contributed by atoms with van der Waals surface area (Å²) in [6.45, 7) is 2.62. The monoisotopic (exact) mass is 452 g/mol. The maximum atomic E-state index is 14.5. The molecule has 0 saturated carbocycles. The molecule has 0 spiro atoms. The number of morpholine rings is 1. The first-order chi connectivity index (χ1) is 14.4. The van der Waals surface area contributed by atoms with Gasteiger partial charge >= 0.3 is 5.97 Å². The van der Waals surface area contributed by atoms with Gasteiger partial charge in [-0.05, 0) is 55.8 Å². The van der Waals surface area contributed by atoms with E-state index >= 15 is 0 Å². The van der Waals surface area contributed by atoms with Gasteiger partial charge in [-0.1, -0.05) is 12.1 Å². The average molecular weight is 453 g/mol. The van der Waals surface area contributed by atoms with Gasteiger partial charge in [0.15, 0.2) is 6.04 Å². The Kier molecular flexibility index (Phi) is 8.79. The summed E-state index contributed by atoms with van der Waals surface area (Å²) in [5.41, 5.74) is 6.44. The number of hydrogen-bond acceptors (Lipinski definition) is 6. The van der Waals surface area contributed by atoms with Gasteiger partial charge in [0.05, 0.1) is 25.4 Å². The fourth-order valence-electron chi connectivity index (χ4n) is 3.40. The maximum Gasteiger partial charge on any atom is 0.331 e. The van der Waals surface area contributed by atoms with E-state index in [1.165, 1.54) is 30.2 Å². The number of benzene rings is 2. The highest BCUT2D eigenvalue weighted by molar-refractivity contribution is 5.97. The van der Waals surface area contributed by atoms with Crippen LogP contribution < -0.4 is 10.5 Å². The van der Waals surface area contributed by atoms with Crippen LogP contribution in [0.3, 0.4) is 0 Å². The Morgan fingerprint density at radius 3 is 2.52 bits per heavy atom. The van der Waals surface area contributed by atoms with E-state index < -0.39 is 29.8 Å². The molecule has 1 fully saturated rings. The van der Waals surface area contributed by atoms with E-state index in [2.05, 4.69) is 0 Å². The second-order valence-electron chi connectivity index (χ2n) is 6.97. The third kappa shape index (κ3) is 5.72. The lowest BCUT2D eigenvalue weighted by Gasteiger charge is -2.38. The zero-order valence-electron chi connectivity index (χ0n) is 17.4. The minimum absolute atomic E-state index is 0. The zero-order valence-corrected chi connectivity index (χ0v) is 18.2. The van der Waals surface area contributed by atoms with Crippen LogP contribution in [0.1, 0.15) is 22.8 Å². The van der Waals surface area contributed by atoms with Crippen molar-refractivity contribution in [1.82, 2.24) is 4.90 Å². The van der Waals surface area contributed by atoms with Gasteiger partial charge in [0.25, 0.3) is 5.91 Å². The van der Waals surface area contributed by atoms with Gasteiger partial charge in [-0.3, -0.25) is 4.79 Å². The predicted octanol–water partition coefficient (Wildman–Crippen LogP) is 2.94. The molecule has 2 N–H and O–H groups in total. The first-order valence-electron chi connectivity index (χ1n) is 9.71. The lowest BCUT2D eigenvalue weighted by Crippen LogP contribution is -2.57. The number of halogens is 2. The number of carbonyl (C=O) groups excluding carboxylic acids is 2. The van der Waals surface area contributed by atoms with Gasteiger partial charge in [-0.2, -0.15) is 0 Å². The molecule has 0 aromatic heterocycles. The van der Waals surface area contributed by atoms with Crippen molar-refractivity contribution in [2.45, 2.75) is 25.5 Å². The van der Waals surface area contributed by atoms with Crippen molar-refractivity contribution in [2.75, 3.05) is 26.8 Å².